The van der Waals surface area contributed by atoms with E-state index in [0.29, 0.717) is 12.8 Å². The number of hydrogen-bond donors (Lipinski definition) is 0. The van der Waals surface area contributed by atoms with E-state index < -0.39 is 49.2 Å². The Kier molecular flexibility index (Phi) is 9.02. The number of likely N-dealkylation sites (tertiary alicyclic amines) is 1. The summed E-state index contributed by atoms with van der Waals surface area (Å²) >= 11 is 0. The minimum absolute atomic E-state index is 0.0480. The van der Waals surface area contributed by atoms with Gasteiger partial charge in [-0.3, -0.25) is 23.4 Å². The number of ketones is 1. The van der Waals surface area contributed by atoms with Crippen molar-refractivity contribution in [2.24, 2.45) is 22.7 Å². The summed E-state index contributed by atoms with van der Waals surface area (Å²) in [5, 5.41) is 0. The Bertz CT molecular complexity index is 982. The van der Waals surface area contributed by atoms with Gasteiger partial charge in [-0.15, -0.1) is 0 Å². The Balaban J connectivity index is 1.45. The summed E-state index contributed by atoms with van der Waals surface area (Å²) in [6.45, 7) is 9.91. The van der Waals surface area contributed by atoms with Crippen molar-refractivity contribution in [3.8, 4) is 0 Å². The monoisotopic (exact) mass is 561 g/mol. The molecule has 3 fully saturated rings. The molecular formula is C25H40NO11P. The van der Waals surface area contributed by atoms with Crippen molar-refractivity contribution in [1.29, 1.82) is 0 Å². The van der Waals surface area contributed by atoms with Gasteiger partial charge in [-0.25, -0.2) is 13.9 Å². The van der Waals surface area contributed by atoms with E-state index in [4.69, 9.17) is 23.0 Å². The first-order valence-electron chi connectivity index (χ1n) is 12.8. The van der Waals surface area contributed by atoms with Crippen molar-refractivity contribution in [2.75, 3.05) is 33.6 Å². The standard InChI is InChI=1S/C25H40NO11P/c1-23(2,3)36-22(30)26-12-25(6,13-26)21(29)33-15-35-38(31)34-14-24(4,5)20(37-38)18(27)11-17-10-16(17)8-9-19(28)32-7/h16-17,20H,8-15H2,1-7H3/t16-,17?,20+,38?/m1/s1. The van der Waals surface area contributed by atoms with E-state index >= 15 is 0 Å². The van der Waals surface area contributed by atoms with E-state index in [1.54, 1.807) is 41.5 Å². The molecule has 12 nitrogen and oxygen atoms in total. The van der Waals surface area contributed by atoms with E-state index in [9.17, 15) is 23.7 Å². The number of amides is 1. The van der Waals surface area contributed by atoms with Gasteiger partial charge in [0.2, 0.25) is 6.79 Å². The van der Waals surface area contributed by atoms with Gasteiger partial charge < -0.3 is 19.1 Å². The number of esters is 2. The van der Waals surface area contributed by atoms with Gasteiger partial charge in [-0.1, -0.05) is 13.8 Å². The maximum Gasteiger partial charge on any atom is 0.478 e. The zero-order valence-corrected chi connectivity index (χ0v) is 24.2. The van der Waals surface area contributed by atoms with Gasteiger partial charge in [0.15, 0.2) is 5.78 Å². The molecule has 13 heteroatoms. The molecule has 2 aliphatic heterocycles. The van der Waals surface area contributed by atoms with Crippen LogP contribution in [-0.4, -0.2) is 74.0 Å². The van der Waals surface area contributed by atoms with Crippen LogP contribution in [0.25, 0.3) is 0 Å². The number of hydrogen-bond acceptors (Lipinski definition) is 11. The third-order valence-corrected chi connectivity index (χ3v) is 8.27. The molecule has 216 valence electrons. The lowest BCUT2D eigenvalue weighted by Gasteiger charge is -2.45. The van der Waals surface area contributed by atoms with E-state index in [0.717, 1.165) is 6.42 Å². The number of ether oxygens (including phenoxy) is 3. The Morgan fingerprint density at radius 3 is 2.34 bits per heavy atom. The highest BCUT2D eigenvalue weighted by Crippen LogP contribution is 2.58. The van der Waals surface area contributed by atoms with Crippen molar-refractivity contribution >= 4 is 31.6 Å². The summed E-state index contributed by atoms with van der Waals surface area (Å²) in [5.41, 5.74) is -2.35. The number of phosphoric acid groups is 1. The molecule has 3 rings (SSSR count). The maximum absolute atomic E-state index is 13.1. The van der Waals surface area contributed by atoms with Crippen LogP contribution in [0.4, 0.5) is 4.79 Å². The predicted molar refractivity (Wildman–Crippen MR) is 133 cm³/mol. The number of phosphoric ester groups is 1. The predicted octanol–water partition coefficient (Wildman–Crippen LogP) is 3.86. The van der Waals surface area contributed by atoms with Gasteiger partial charge in [0.05, 0.1) is 13.7 Å². The largest absolute Gasteiger partial charge is 0.478 e. The van der Waals surface area contributed by atoms with E-state index in [1.165, 1.54) is 12.0 Å². The second-order valence-corrected chi connectivity index (χ2v) is 13.9. The van der Waals surface area contributed by atoms with Crippen molar-refractivity contribution < 1.29 is 51.5 Å². The first kappa shape index (κ1) is 30.5. The van der Waals surface area contributed by atoms with E-state index in [-0.39, 0.29) is 49.7 Å². The maximum atomic E-state index is 13.1. The Hall–Kier alpha value is -2.01. The molecule has 1 amide bonds. The van der Waals surface area contributed by atoms with Crippen molar-refractivity contribution in [2.45, 2.75) is 78.9 Å². The van der Waals surface area contributed by atoms with Gasteiger partial charge in [-0.05, 0) is 52.4 Å². The average molecular weight is 562 g/mol. The van der Waals surface area contributed by atoms with Gasteiger partial charge in [0.1, 0.15) is 17.1 Å². The van der Waals surface area contributed by atoms with Crippen molar-refractivity contribution in [3.05, 3.63) is 0 Å². The molecule has 0 bridgehead atoms. The summed E-state index contributed by atoms with van der Waals surface area (Å²) in [5.74, 6) is -0.724. The molecule has 2 unspecified atom stereocenters. The Morgan fingerprint density at radius 1 is 1.08 bits per heavy atom. The summed E-state index contributed by atoms with van der Waals surface area (Å²) in [7, 11) is -2.82. The zero-order valence-electron chi connectivity index (χ0n) is 23.3. The summed E-state index contributed by atoms with van der Waals surface area (Å²) in [6.07, 6.45) is 0.495. The fourth-order valence-corrected chi connectivity index (χ4v) is 6.10. The van der Waals surface area contributed by atoms with Crippen LogP contribution in [0.3, 0.4) is 0 Å². The number of nitrogens with zero attached hydrogens (tertiary/aromatic N) is 1. The first-order chi connectivity index (χ1) is 17.5. The van der Waals surface area contributed by atoms with Crippen LogP contribution in [-0.2, 0) is 46.7 Å². The molecule has 0 radical (unpaired) electrons. The van der Waals surface area contributed by atoms with Gasteiger partial charge >= 0.3 is 25.9 Å². The third kappa shape index (κ3) is 7.77. The van der Waals surface area contributed by atoms with Crippen LogP contribution < -0.4 is 0 Å². The average Bonchev–Trinajstić information content (AvgIpc) is 3.53. The van der Waals surface area contributed by atoms with Gasteiger partial charge in [0.25, 0.3) is 0 Å². The van der Waals surface area contributed by atoms with Crippen LogP contribution >= 0.6 is 7.82 Å². The number of carbonyl (C=O) groups excluding carboxylic acids is 4. The first-order valence-corrected chi connectivity index (χ1v) is 14.3. The number of carbonyl (C=O) groups is 4. The fourth-order valence-electron chi connectivity index (χ4n) is 4.57. The molecule has 1 saturated carbocycles. The molecule has 0 aromatic carbocycles. The highest BCUT2D eigenvalue weighted by molar-refractivity contribution is 7.48. The molecular weight excluding hydrogens is 521 g/mol. The summed E-state index contributed by atoms with van der Waals surface area (Å²) in [4.78, 5) is 50.5. The molecule has 0 spiro atoms. The lowest BCUT2D eigenvalue weighted by molar-refractivity contribution is -0.173. The molecule has 4 atom stereocenters. The molecule has 0 aromatic heterocycles. The highest BCUT2D eigenvalue weighted by atomic mass is 31.2. The number of methoxy groups -OCH3 is 1. The molecule has 1 aliphatic carbocycles. The number of rotatable bonds is 10. The molecule has 0 N–H and O–H groups in total. The smallest absolute Gasteiger partial charge is 0.469 e. The van der Waals surface area contributed by atoms with E-state index in [2.05, 4.69) is 4.74 Å². The lowest BCUT2D eigenvalue weighted by atomic mass is 9.82. The quantitative estimate of drug-likeness (QED) is 0.166. The summed E-state index contributed by atoms with van der Waals surface area (Å²) < 4.78 is 44.2. The van der Waals surface area contributed by atoms with Crippen molar-refractivity contribution in [3.63, 3.8) is 0 Å². The molecule has 3 aliphatic rings. The molecule has 38 heavy (non-hydrogen) atoms. The van der Waals surface area contributed by atoms with Crippen LogP contribution in [0.15, 0.2) is 0 Å². The van der Waals surface area contributed by atoms with Crippen molar-refractivity contribution in [1.82, 2.24) is 4.90 Å². The third-order valence-electron chi connectivity index (χ3n) is 6.94. The lowest BCUT2D eigenvalue weighted by Crippen LogP contribution is -2.61. The van der Waals surface area contributed by atoms with Crippen LogP contribution in [0.1, 0.15) is 67.2 Å². The topological polar surface area (TPSA) is 144 Å². The minimum atomic E-state index is -4.17. The summed E-state index contributed by atoms with van der Waals surface area (Å²) in [6, 6.07) is 0. The van der Waals surface area contributed by atoms with Crippen LogP contribution in [0, 0.1) is 22.7 Å². The highest BCUT2D eigenvalue weighted by Gasteiger charge is 2.52. The normalized spacial score (nSPS) is 29.6. The second-order valence-electron chi connectivity index (χ2n) is 12.3. The van der Waals surface area contributed by atoms with Gasteiger partial charge in [0, 0.05) is 31.3 Å². The van der Waals surface area contributed by atoms with E-state index in [1.807, 2.05) is 0 Å². The zero-order chi connectivity index (χ0) is 28.5. The minimum Gasteiger partial charge on any atom is -0.469 e. The van der Waals surface area contributed by atoms with Crippen LogP contribution in [0.2, 0.25) is 0 Å². The Labute approximate surface area is 223 Å². The second kappa shape index (κ2) is 11.2. The van der Waals surface area contributed by atoms with Crippen LogP contribution in [0.5, 0.6) is 0 Å². The Morgan fingerprint density at radius 2 is 1.74 bits per heavy atom. The SMILES string of the molecule is COC(=O)CC[C@@H]1CC1CC(=O)[C@@H]1OP(=O)(OCOC(=O)C2(C)CN(C(=O)OC(C)(C)C)C2)OCC1(C)C. The molecule has 2 saturated heterocycles. The molecule has 0 aromatic rings. The number of Topliss-reactive ketones (excluding diaryl/α,β-unsaturated/α-hetero) is 1. The van der Waals surface area contributed by atoms with Gasteiger partial charge in [-0.2, -0.15) is 0 Å². The molecule has 2 heterocycles. The fraction of sp³-hybridized carbons (Fsp3) is 0.840.